The normalized spacial score (nSPS) is 13.1. The molecule has 0 bridgehead atoms. The summed E-state index contributed by atoms with van der Waals surface area (Å²) in [6.07, 6.45) is 5.19. The van der Waals surface area contributed by atoms with Crippen molar-refractivity contribution in [1.29, 1.82) is 0 Å². The van der Waals surface area contributed by atoms with Gasteiger partial charge in [-0.2, -0.15) is 0 Å². The molecule has 0 amide bonds. The summed E-state index contributed by atoms with van der Waals surface area (Å²) < 4.78 is 28.1. The Morgan fingerprint density at radius 2 is 1.96 bits per heavy atom. The monoisotopic (exact) mass is 362 g/mol. The number of imidazole rings is 1. The van der Waals surface area contributed by atoms with E-state index in [0.29, 0.717) is 41.7 Å². The number of rotatable bonds is 2. The van der Waals surface area contributed by atoms with E-state index in [1.54, 1.807) is 35.0 Å². The first-order valence-electron chi connectivity index (χ1n) is 8.57. The van der Waals surface area contributed by atoms with E-state index in [1.165, 1.54) is 0 Å². The number of aromatic nitrogens is 4. The molecule has 1 aromatic carbocycles. The Morgan fingerprint density at radius 1 is 1.07 bits per heavy atom. The van der Waals surface area contributed by atoms with Crippen LogP contribution in [0.4, 0.5) is 4.39 Å². The van der Waals surface area contributed by atoms with Crippen LogP contribution < -0.4 is 9.47 Å². The van der Waals surface area contributed by atoms with Crippen molar-refractivity contribution in [3.8, 4) is 34.0 Å². The van der Waals surface area contributed by atoms with Gasteiger partial charge in [0.05, 0.1) is 11.4 Å². The third kappa shape index (κ3) is 2.51. The lowest BCUT2D eigenvalue weighted by Gasteiger charge is -2.20. The van der Waals surface area contributed by atoms with Crippen molar-refractivity contribution in [2.24, 2.45) is 0 Å². The smallest absolute Gasteiger partial charge is 0.234 e. The molecular weight excluding hydrogens is 347 g/mol. The van der Waals surface area contributed by atoms with Crippen molar-refractivity contribution in [3.63, 3.8) is 0 Å². The van der Waals surface area contributed by atoms with Crippen LogP contribution in [0.2, 0.25) is 0 Å². The van der Waals surface area contributed by atoms with Crippen molar-refractivity contribution in [2.45, 2.75) is 6.92 Å². The van der Waals surface area contributed by atoms with Crippen LogP contribution in [0.5, 0.6) is 11.5 Å². The number of hydrogen-bond donors (Lipinski definition) is 0. The molecule has 0 fully saturated rings. The highest BCUT2D eigenvalue weighted by molar-refractivity contribution is 5.82. The summed E-state index contributed by atoms with van der Waals surface area (Å²) in [5.74, 6) is 0.571. The molecule has 0 aliphatic carbocycles. The van der Waals surface area contributed by atoms with Gasteiger partial charge in [0.15, 0.2) is 17.3 Å². The molecule has 134 valence electrons. The van der Waals surface area contributed by atoms with E-state index in [-0.39, 0.29) is 5.75 Å². The zero-order chi connectivity index (χ0) is 18.4. The molecule has 1 aliphatic heterocycles. The average Bonchev–Trinajstić information content (AvgIpc) is 3.08. The van der Waals surface area contributed by atoms with Gasteiger partial charge in [-0.15, -0.1) is 0 Å². The summed E-state index contributed by atoms with van der Waals surface area (Å²) in [5.41, 5.74) is 3.32. The molecule has 5 rings (SSSR count). The molecule has 27 heavy (non-hydrogen) atoms. The highest BCUT2D eigenvalue weighted by Crippen LogP contribution is 2.41. The van der Waals surface area contributed by atoms with E-state index in [9.17, 15) is 0 Å². The summed E-state index contributed by atoms with van der Waals surface area (Å²) in [6, 6.07) is 8.98. The van der Waals surface area contributed by atoms with Crippen molar-refractivity contribution < 1.29 is 13.9 Å². The molecule has 0 radical (unpaired) electrons. The Balaban J connectivity index is 1.82. The SMILES string of the molecule is Cc1cc(-c2nc3ncccn3c2-c2ccc3c(c2F)OCCO3)ccn1. The third-order valence-electron chi connectivity index (χ3n) is 4.48. The number of nitrogens with zero attached hydrogens (tertiary/aromatic N) is 4. The van der Waals surface area contributed by atoms with E-state index in [0.717, 1.165) is 11.3 Å². The predicted octanol–water partition coefficient (Wildman–Crippen LogP) is 3.68. The molecule has 3 aromatic heterocycles. The lowest BCUT2D eigenvalue weighted by Crippen LogP contribution is -2.16. The average molecular weight is 362 g/mol. The first-order valence-corrected chi connectivity index (χ1v) is 8.57. The highest BCUT2D eigenvalue weighted by Gasteiger charge is 2.25. The fourth-order valence-electron chi connectivity index (χ4n) is 3.30. The molecule has 0 N–H and O–H groups in total. The van der Waals surface area contributed by atoms with Gasteiger partial charge < -0.3 is 9.47 Å². The number of ether oxygens (including phenoxy) is 2. The zero-order valence-electron chi connectivity index (χ0n) is 14.5. The highest BCUT2D eigenvalue weighted by atomic mass is 19.1. The van der Waals surface area contributed by atoms with Crippen LogP contribution in [0.3, 0.4) is 0 Å². The van der Waals surface area contributed by atoms with Gasteiger partial charge in [0.25, 0.3) is 0 Å². The predicted molar refractivity (Wildman–Crippen MR) is 97.3 cm³/mol. The molecule has 0 saturated carbocycles. The Labute approximate surface area is 154 Å². The number of hydrogen-bond acceptors (Lipinski definition) is 5. The van der Waals surface area contributed by atoms with Gasteiger partial charge in [-0.05, 0) is 37.3 Å². The minimum atomic E-state index is -0.468. The second-order valence-electron chi connectivity index (χ2n) is 6.24. The van der Waals surface area contributed by atoms with Gasteiger partial charge in [-0.25, -0.2) is 14.4 Å². The second kappa shape index (κ2) is 6.05. The number of halogens is 1. The zero-order valence-corrected chi connectivity index (χ0v) is 14.5. The topological polar surface area (TPSA) is 61.5 Å². The molecule has 4 heterocycles. The molecule has 4 aromatic rings. The largest absolute Gasteiger partial charge is 0.486 e. The Bertz CT molecular complexity index is 1170. The van der Waals surface area contributed by atoms with Crippen LogP contribution in [0, 0.1) is 12.7 Å². The second-order valence-corrected chi connectivity index (χ2v) is 6.24. The molecule has 0 spiro atoms. The minimum Gasteiger partial charge on any atom is -0.486 e. The van der Waals surface area contributed by atoms with Crippen molar-refractivity contribution >= 4 is 5.78 Å². The van der Waals surface area contributed by atoms with E-state index < -0.39 is 5.82 Å². The first kappa shape index (κ1) is 15.7. The minimum absolute atomic E-state index is 0.134. The van der Waals surface area contributed by atoms with E-state index in [2.05, 4.69) is 15.0 Å². The molecule has 0 atom stereocenters. The maximum atomic E-state index is 15.3. The quantitative estimate of drug-likeness (QED) is 0.544. The van der Waals surface area contributed by atoms with Crippen LogP contribution in [-0.2, 0) is 0 Å². The van der Waals surface area contributed by atoms with Crippen LogP contribution in [0.15, 0.2) is 48.9 Å². The maximum Gasteiger partial charge on any atom is 0.234 e. The van der Waals surface area contributed by atoms with Gasteiger partial charge in [-0.3, -0.25) is 9.38 Å². The van der Waals surface area contributed by atoms with E-state index >= 15 is 4.39 Å². The summed E-state index contributed by atoms with van der Waals surface area (Å²) in [5, 5.41) is 0. The lowest BCUT2D eigenvalue weighted by molar-refractivity contribution is 0.164. The van der Waals surface area contributed by atoms with Crippen molar-refractivity contribution in [1.82, 2.24) is 19.4 Å². The van der Waals surface area contributed by atoms with Crippen LogP contribution in [-0.4, -0.2) is 32.6 Å². The third-order valence-corrected chi connectivity index (χ3v) is 4.48. The Hall–Kier alpha value is -3.48. The molecule has 0 saturated heterocycles. The summed E-state index contributed by atoms with van der Waals surface area (Å²) in [7, 11) is 0. The van der Waals surface area contributed by atoms with Crippen LogP contribution in [0.25, 0.3) is 28.3 Å². The maximum absolute atomic E-state index is 15.3. The van der Waals surface area contributed by atoms with Gasteiger partial charge in [0, 0.05) is 35.4 Å². The molecular formula is C20H15FN4O2. The summed E-state index contributed by atoms with van der Waals surface area (Å²) in [4.78, 5) is 13.2. The lowest BCUT2D eigenvalue weighted by atomic mass is 10.0. The fourth-order valence-corrected chi connectivity index (χ4v) is 3.30. The van der Waals surface area contributed by atoms with Crippen molar-refractivity contribution in [2.75, 3.05) is 13.2 Å². The number of benzene rings is 1. The standard InChI is InChI=1S/C20H15FN4O2/c1-12-11-13(5-7-22-12)17-18(25-8-2-6-23-20(25)24-17)14-3-4-15-19(16(14)21)27-10-9-26-15/h2-8,11H,9-10H2,1H3. The van der Waals surface area contributed by atoms with Crippen LogP contribution in [0.1, 0.15) is 5.69 Å². The summed E-state index contributed by atoms with van der Waals surface area (Å²) >= 11 is 0. The molecule has 6 nitrogen and oxygen atoms in total. The molecule has 7 heteroatoms. The van der Waals surface area contributed by atoms with Crippen molar-refractivity contribution in [3.05, 3.63) is 60.4 Å². The molecule has 1 aliphatic rings. The Morgan fingerprint density at radius 3 is 2.85 bits per heavy atom. The van der Waals surface area contributed by atoms with Gasteiger partial charge in [0.1, 0.15) is 13.2 Å². The van der Waals surface area contributed by atoms with E-state index in [1.807, 2.05) is 25.3 Å². The summed E-state index contributed by atoms with van der Waals surface area (Å²) in [6.45, 7) is 2.63. The first-order chi connectivity index (χ1) is 13.2. The number of fused-ring (bicyclic) bond motifs is 2. The number of aryl methyl sites for hydroxylation is 1. The Kier molecular flexibility index (Phi) is 3.53. The van der Waals surface area contributed by atoms with Crippen LogP contribution >= 0.6 is 0 Å². The number of pyridine rings is 1. The van der Waals surface area contributed by atoms with E-state index in [4.69, 9.17) is 9.47 Å². The van der Waals surface area contributed by atoms with Gasteiger partial charge >= 0.3 is 0 Å². The van der Waals surface area contributed by atoms with Gasteiger partial charge in [-0.1, -0.05) is 0 Å². The fraction of sp³-hybridized carbons (Fsp3) is 0.150. The molecule has 0 unspecified atom stereocenters. The van der Waals surface area contributed by atoms with Gasteiger partial charge in [0.2, 0.25) is 5.78 Å².